The molecule has 0 saturated carbocycles. The fourth-order valence-electron chi connectivity index (χ4n) is 1.70. The summed E-state index contributed by atoms with van der Waals surface area (Å²) in [6.07, 6.45) is 1.48. The van der Waals surface area contributed by atoms with Crippen LogP contribution in [0.5, 0.6) is 0 Å². The molecular weight excluding hydrogens is 299 g/mol. The highest BCUT2D eigenvalue weighted by molar-refractivity contribution is 6.35. The summed E-state index contributed by atoms with van der Waals surface area (Å²) >= 11 is 12.0. The molecule has 1 aromatic carbocycles. The molecule has 4 nitrogen and oxygen atoms in total. The number of aromatic nitrogens is 1. The highest BCUT2D eigenvalue weighted by Gasteiger charge is 2.06. The number of carbonyl (C=O) groups is 1. The number of nitrogens with one attached hydrogen (secondary N) is 1. The van der Waals surface area contributed by atoms with Gasteiger partial charge in [0.1, 0.15) is 5.69 Å². The van der Waals surface area contributed by atoms with E-state index in [4.69, 9.17) is 28.3 Å². The van der Waals surface area contributed by atoms with Crippen molar-refractivity contribution < 1.29 is 9.90 Å². The van der Waals surface area contributed by atoms with Gasteiger partial charge < -0.3 is 10.4 Å². The van der Waals surface area contributed by atoms with Gasteiger partial charge in [-0.2, -0.15) is 0 Å². The van der Waals surface area contributed by atoms with Crippen LogP contribution in [0, 0.1) is 6.92 Å². The largest absolute Gasteiger partial charge is 0.477 e. The number of hydrogen-bond donors (Lipinski definition) is 2. The summed E-state index contributed by atoms with van der Waals surface area (Å²) < 4.78 is 0. The van der Waals surface area contributed by atoms with E-state index in [0.29, 0.717) is 16.6 Å². The number of carboxylic acid groups (broad SMARTS) is 1. The van der Waals surface area contributed by atoms with Crippen molar-refractivity contribution in [3.63, 3.8) is 0 Å². The Labute approximate surface area is 126 Å². The lowest BCUT2D eigenvalue weighted by molar-refractivity contribution is 0.0690. The molecule has 20 heavy (non-hydrogen) atoms. The molecule has 0 fully saturated rings. The number of hydrogen-bond acceptors (Lipinski definition) is 3. The van der Waals surface area contributed by atoms with E-state index in [-0.39, 0.29) is 5.69 Å². The monoisotopic (exact) mass is 310 g/mol. The summed E-state index contributed by atoms with van der Waals surface area (Å²) in [6.45, 7) is 2.45. The van der Waals surface area contributed by atoms with Crippen molar-refractivity contribution in [3.8, 4) is 0 Å². The number of carboxylic acids is 1. The minimum absolute atomic E-state index is 0.0116. The third-order valence-electron chi connectivity index (χ3n) is 2.88. The summed E-state index contributed by atoms with van der Waals surface area (Å²) in [6, 6.07) is 6.65. The third kappa shape index (κ3) is 3.40. The quantitative estimate of drug-likeness (QED) is 0.895. The van der Waals surface area contributed by atoms with Crippen LogP contribution in [0.15, 0.2) is 30.5 Å². The Morgan fingerprint density at radius 2 is 2.10 bits per heavy atom. The highest BCUT2D eigenvalue weighted by atomic mass is 35.5. The number of aromatic carboxylic acids is 1. The molecular formula is C14H12Cl2N2O2. The number of rotatable bonds is 4. The summed E-state index contributed by atoms with van der Waals surface area (Å²) in [5.41, 5.74) is 2.67. The first-order chi connectivity index (χ1) is 9.47. The van der Waals surface area contributed by atoms with E-state index in [1.165, 1.54) is 12.3 Å². The summed E-state index contributed by atoms with van der Waals surface area (Å²) in [4.78, 5) is 14.5. The van der Waals surface area contributed by atoms with Gasteiger partial charge in [-0.1, -0.05) is 23.2 Å². The molecule has 0 radical (unpaired) electrons. The van der Waals surface area contributed by atoms with Crippen LogP contribution in [0.1, 0.15) is 21.6 Å². The van der Waals surface area contributed by atoms with Crippen LogP contribution in [0.25, 0.3) is 0 Å². The van der Waals surface area contributed by atoms with Crippen molar-refractivity contribution in [2.75, 3.05) is 5.32 Å². The first kappa shape index (κ1) is 14.6. The Morgan fingerprint density at radius 3 is 2.70 bits per heavy atom. The Hall–Kier alpha value is -1.78. The van der Waals surface area contributed by atoms with Crippen LogP contribution in [0.4, 0.5) is 5.69 Å². The average molecular weight is 311 g/mol. The number of nitrogens with zero attached hydrogens (tertiary/aromatic N) is 1. The van der Waals surface area contributed by atoms with Crippen molar-refractivity contribution in [1.82, 2.24) is 4.98 Å². The Kier molecular flexibility index (Phi) is 4.47. The molecule has 1 heterocycles. The molecule has 0 bridgehead atoms. The predicted octanol–water partition coefficient (Wildman–Crippen LogP) is 4.01. The predicted molar refractivity (Wildman–Crippen MR) is 79.7 cm³/mol. The van der Waals surface area contributed by atoms with Gasteiger partial charge in [-0.05, 0) is 42.3 Å². The molecule has 0 aliphatic carbocycles. The molecule has 6 heteroatoms. The molecule has 2 rings (SSSR count). The fourth-order valence-corrected chi connectivity index (χ4v) is 2.24. The van der Waals surface area contributed by atoms with E-state index in [0.717, 1.165) is 16.8 Å². The van der Waals surface area contributed by atoms with Gasteiger partial charge in [0.2, 0.25) is 0 Å². The zero-order chi connectivity index (χ0) is 14.7. The molecule has 0 amide bonds. The summed E-state index contributed by atoms with van der Waals surface area (Å²) in [7, 11) is 0. The van der Waals surface area contributed by atoms with E-state index in [1.807, 2.05) is 13.0 Å². The first-order valence-electron chi connectivity index (χ1n) is 5.85. The molecule has 0 saturated heterocycles. The first-order valence-corrected chi connectivity index (χ1v) is 6.60. The van der Waals surface area contributed by atoms with Gasteiger partial charge in [-0.15, -0.1) is 0 Å². The topological polar surface area (TPSA) is 62.2 Å². The normalized spacial score (nSPS) is 10.3. The van der Waals surface area contributed by atoms with Gasteiger partial charge in [-0.3, -0.25) is 0 Å². The van der Waals surface area contributed by atoms with E-state index in [2.05, 4.69) is 10.3 Å². The molecule has 0 aliphatic rings. The van der Waals surface area contributed by atoms with E-state index in [1.54, 1.807) is 12.1 Å². The zero-order valence-corrected chi connectivity index (χ0v) is 12.2. The maximum Gasteiger partial charge on any atom is 0.354 e. The fraction of sp³-hybridized carbons (Fsp3) is 0.143. The second-order valence-corrected chi connectivity index (χ2v) is 5.11. The zero-order valence-electron chi connectivity index (χ0n) is 10.7. The minimum atomic E-state index is -1.05. The minimum Gasteiger partial charge on any atom is -0.477 e. The molecule has 0 atom stereocenters. The van der Waals surface area contributed by atoms with Crippen molar-refractivity contribution in [3.05, 3.63) is 57.3 Å². The lowest BCUT2D eigenvalue weighted by atomic mass is 10.1. The second-order valence-electron chi connectivity index (χ2n) is 4.26. The number of halogens is 2. The molecule has 0 spiro atoms. The molecule has 104 valence electrons. The van der Waals surface area contributed by atoms with Crippen LogP contribution in [-0.2, 0) is 6.54 Å². The molecule has 2 aromatic rings. The lowest BCUT2D eigenvalue weighted by Crippen LogP contribution is -2.04. The second kappa shape index (κ2) is 6.11. The Morgan fingerprint density at radius 1 is 1.35 bits per heavy atom. The van der Waals surface area contributed by atoms with Crippen molar-refractivity contribution in [1.29, 1.82) is 0 Å². The average Bonchev–Trinajstić information content (AvgIpc) is 2.41. The lowest BCUT2D eigenvalue weighted by Gasteiger charge is -2.11. The maximum atomic E-state index is 10.7. The van der Waals surface area contributed by atoms with Crippen LogP contribution >= 0.6 is 23.2 Å². The highest BCUT2D eigenvalue weighted by Crippen LogP contribution is 2.25. The van der Waals surface area contributed by atoms with E-state index >= 15 is 0 Å². The van der Waals surface area contributed by atoms with Crippen LogP contribution < -0.4 is 5.32 Å². The van der Waals surface area contributed by atoms with Crippen molar-refractivity contribution >= 4 is 34.9 Å². The van der Waals surface area contributed by atoms with Gasteiger partial charge in [0.25, 0.3) is 0 Å². The Bertz CT molecular complexity index is 642. The van der Waals surface area contributed by atoms with Crippen LogP contribution in [0.3, 0.4) is 0 Å². The van der Waals surface area contributed by atoms with Gasteiger partial charge in [-0.25, -0.2) is 9.78 Å². The van der Waals surface area contributed by atoms with Crippen molar-refractivity contribution in [2.24, 2.45) is 0 Å². The molecule has 0 unspecified atom stereocenters. The number of pyridine rings is 1. The molecule has 2 N–H and O–H groups in total. The molecule has 1 aromatic heterocycles. The maximum absolute atomic E-state index is 10.7. The van der Waals surface area contributed by atoms with Gasteiger partial charge >= 0.3 is 5.97 Å². The van der Waals surface area contributed by atoms with Gasteiger partial charge in [0.05, 0.1) is 11.9 Å². The number of benzene rings is 1. The SMILES string of the molecule is Cc1c(Cl)cc(Cl)cc1CNc1ccc(C(=O)O)nc1. The Balaban J connectivity index is 2.11. The number of anilines is 1. The smallest absolute Gasteiger partial charge is 0.354 e. The summed E-state index contributed by atoms with van der Waals surface area (Å²) in [5, 5.41) is 13.1. The molecule has 0 aliphatic heterocycles. The van der Waals surface area contributed by atoms with Gasteiger partial charge in [0, 0.05) is 16.6 Å². The van der Waals surface area contributed by atoms with Crippen LogP contribution in [-0.4, -0.2) is 16.1 Å². The van der Waals surface area contributed by atoms with Crippen molar-refractivity contribution in [2.45, 2.75) is 13.5 Å². The standard InChI is InChI=1S/C14H12Cl2N2O2/c1-8-9(4-10(15)5-12(8)16)6-17-11-2-3-13(14(19)20)18-7-11/h2-5,7,17H,6H2,1H3,(H,19,20). The van der Waals surface area contributed by atoms with Crippen LogP contribution in [0.2, 0.25) is 10.0 Å². The van der Waals surface area contributed by atoms with Gasteiger partial charge in [0.15, 0.2) is 0 Å². The third-order valence-corrected chi connectivity index (χ3v) is 3.49. The van der Waals surface area contributed by atoms with E-state index in [9.17, 15) is 4.79 Å². The summed E-state index contributed by atoms with van der Waals surface area (Å²) in [5.74, 6) is -1.05. The van der Waals surface area contributed by atoms with E-state index < -0.39 is 5.97 Å².